The molecule has 0 spiro atoms. The largest absolute Gasteiger partial charge is 0.353 e. The van der Waals surface area contributed by atoms with E-state index in [1.165, 1.54) is 37.2 Å². The molecule has 1 aliphatic heterocycles. The number of piperazine rings is 1. The van der Waals surface area contributed by atoms with Crippen LogP contribution in [-0.2, 0) is 20.0 Å². The molecule has 2 aromatic rings. The van der Waals surface area contributed by atoms with Gasteiger partial charge in [-0.15, -0.1) is 34.2 Å². The number of rotatable bonds is 5. The molecule has 0 radical (unpaired) electrons. The highest BCUT2D eigenvalue weighted by molar-refractivity contribution is 14.0. The summed E-state index contributed by atoms with van der Waals surface area (Å²) in [6.45, 7) is 8.34. The maximum Gasteiger partial charge on any atom is 0.205 e. The summed E-state index contributed by atoms with van der Waals surface area (Å²) in [7, 11) is 2.00. The average molecular weight is 545 g/mol. The van der Waals surface area contributed by atoms with Crippen LogP contribution in [0.5, 0.6) is 0 Å². The molecule has 166 valence electrons. The second-order valence-corrected chi connectivity index (χ2v) is 8.54. The number of hydrogen-bond donors (Lipinski definition) is 1. The van der Waals surface area contributed by atoms with Crippen molar-refractivity contribution in [1.82, 2.24) is 34.3 Å². The molecular weight excluding hydrogens is 513 g/mol. The molecule has 11 heteroatoms. The Labute approximate surface area is 199 Å². The van der Waals surface area contributed by atoms with Gasteiger partial charge >= 0.3 is 0 Å². The van der Waals surface area contributed by atoms with Crippen molar-refractivity contribution in [3.05, 3.63) is 17.5 Å². The number of guanidine groups is 1. The Hall–Kier alpha value is -1.50. The van der Waals surface area contributed by atoms with Crippen LogP contribution < -0.4 is 10.2 Å². The Morgan fingerprint density at radius 2 is 1.90 bits per heavy atom. The van der Waals surface area contributed by atoms with Gasteiger partial charge in [0, 0.05) is 57.2 Å². The summed E-state index contributed by atoms with van der Waals surface area (Å²) < 4.78 is 6.44. The summed E-state index contributed by atoms with van der Waals surface area (Å²) in [6, 6.07) is 0.531. The van der Waals surface area contributed by atoms with Crippen LogP contribution in [0.15, 0.2) is 4.99 Å². The van der Waals surface area contributed by atoms with Gasteiger partial charge in [0.15, 0.2) is 11.8 Å². The van der Waals surface area contributed by atoms with E-state index < -0.39 is 0 Å². The first-order valence-electron chi connectivity index (χ1n) is 10.6. The molecule has 9 nitrogen and oxygen atoms in total. The number of nitrogens with one attached hydrogen (secondary N) is 1. The lowest BCUT2D eigenvalue weighted by molar-refractivity contribution is 0.364. The molecule has 0 atom stereocenters. The van der Waals surface area contributed by atoms with Crippen LogP contribution in [0.25, 0.3) is 0 Å². The Bertz CT molecular complexity index is 835. The van der Waals surface area contributed by atoms with Crippen molar-refractivity contribution < 1.29 is 0 Å². The van der Waals surface area contributed by atoms with Gasteiger partial charge in [-0.3, -0.25) is 0 Å². The summed E-state index contributed by atoms with van der Waals surface area (Å²) in [5.74, 6) is 3.76. The number of aliphatic imine (C=N–C) groups is 1. The average Bonchev–Trinajstić information content (AvgIpc) is 3.49. The Kier molecular flexibility index (Phi) is 8.26. The van der Waals surface area contributed by atoms with Crippen LogP contribution in [-0.4, -0.2) is 67.2 Å². The molecule has 1 saturated heterocycles. The molecule has 0 bridgehead atoms. The van der Waals surface area contributed by atoms with Crippen molar-refractivity contribution >= 4 is 46.6 Å². The van der Waals surface area contributed by atoms with E-state index in [9.17, 15) is 0 Å². The van der Waals surface area contributed by atoms with E-state index in [0.717, 1.165) is 61.2 Å². The first kappa shape index (κ1) is 23.2. The lowest BCUT2D eigenvalue weighted by Gasteiger charge is -2.37. The van der Waals surface area contributed by atoms with Gasteiger partial charge in [-0.25, -0.2) is 9.98 Å². The van der Waals surface area contributed by atoms with Crippen molar-refractivity contribution in [3.8, 4) is 0 Å². The maximum atomic E-state index is 4.93. The quantitative estimate of drug-likeness (QED) is 0.351. The number of aryl methyl sites for hydroxylation is 2. The Morgan fingerprint density at radius 3 is 2.50 bits per heavy atom. The van der Waals surface area contributed by atoms with Crippen LogP contribution in [0.1, 0.15) is 50.1 Å². The molecule has 4 rings (SSSR count). The molecule has 2 fully saturated rings. The normalized spacial score (nSPS) is 18.0. The number of anilines is 1. The highest BCUT2D eigenvalue weighted by Gasteiger charge is 2.25. The van der Waals surface area contributed by atoms with Crippen LogP contribution in [0.2, 0.25) is 0 Å². The third kappa shape index (κ3) is 5.40. The van der Waals surface area contributed by atoms with E-state index in [2.05, 4.69) is 41.6 Å². The number of hydrogen-bond acceptors (Lipinski definition) is 7. The van der Waals surface area contributed by atoms with Gasteiger partial charge in [-0.2, -0.15) is 4.37 Å². The fourth-order valence-electron chi connectivity index (χ4n) is 3.85. The van der Waals surface area contributed by atoms with Crippen LogP contribution in [0.4, 0.5) is 5.13 Å². The van der Waals surface area contributed by atoms with Gasteiger partial charge in [0.1, 0.15) is 18.2 Å². The molecule has 0 unspecified atom stereocenters. The summed E-state index contributed by atoms with van der Waals surface area (Å²) in [5, 5.41) is 13.2. The minimum Gasteiger partial charge on any atom is -0.353 e. The standard InChI is InChI=1S/C19H31N9S.HI/c1-4-16-22-19(29-25-16)28-11-9-27(10-12-28)18(21-15-7-5-6-8-15)20-13-17-24-23-14(2)26(17)3;/h15H,4-13H2,1-3H3,(H,20,21);1H. The van der Waals surface area contributed by atoms with E-state index in [1.54, 1.807) is 0 Å². The zero-order chi connectivity index (χ0) is 20.2. The van der Waals surface area contributed by atoms with Gasteiger partial charge in [0.2, 0.25) is 5.13 Å². The highest BCUT2D eigenvalue weighted by atomic mass is 127. The number of aromatic nitrogens is 5. The van der Waals surface area contributed by atoms with Crippen molar-refractivity contribution in [2.24, 2.45) is 12.0 Å². The van der Waals surface area contributed by atoms with Gasteiger partial charge in [-0.05, 0) is 19.8 Å². The van der Waals surface area contributed by atoms with Crippen molar-refractivity contribution in [1.29, 1.82) is 0 Å². The van der Waals surface area contributed by atoms with Crippen LogP contribution in [0, 0.1) is 6.92 Å². The minimum absolute atomic E-state index is 0. The summed E-state index contributed by atoms with van der Waals surface area (Å²) in [5.41, 5.74) is 0. The summed E-state index contributed by atoms with van der Waals surface area (Å²) in [6.07, 6.45) is 5.95. The molecule has 3 heterocycles. The lowest BCUT2D eigenvalue weighted by atomic mass is 10.2. The van der Waals surface area contributed by atoms with E-state index in [-0.39, 0.29) is 24.0 Å². The minimum atomic E-state index is 0. The van der Waals surface area contributed by atoms with E-state index >= 15 is 0 Å². The maximum absolute atomic E-state index is 4.93. The molecule has 0 amide bonds. The third-order valence-corrected chi connectivity index (χ3v) is 6.68. The van der Waals surface area contributed by atoms with E-state index in [1.807, 2.05) is 18.5 Å². The van der Waals surface area contributed by atoms with E-state index in [0.29, 0.717) is 12.6 Å². The third-order valence-electron chi connectivity index (χ3n) is 5.86. The predicted octanol–water partition coefficient (Wildman–Crippen LogP) is 2.37. The van der Waals surface area contributed by atoms with Crippen molar-refractivity contribution in [3.63, 3.8) is 0 Å². The molecule has 0 aromatic carbocycles. The molecular formula is C19H32IN9S. The topological polar surface area (TPSA) is 87.4 Å². The second-order valence-electron chi connectivity index (χ2n) is 7.81. The van der Waals surface area contributed by atoms with E-state index in [4.69, 9.17) is 4.99 Å². The molecule has 1 aliphatic carbocycles. The first-order chi connectivity index (χ1) is 14.1. The fourth-order valence-corrected chi connectivity index (χ4v) is 4.65. The smallest absolute Gasteiger partial charge is 0.205 e. The number of halogens is 1. The SMILES string of the molecule is CCc1nsc(N2CCN(C(=NCc3nnc(C)n3C)NC3CCCC3)CC2)n1.I. The molecule has 1 N–H and O–H groups in total. The number of nitrogens with zero attached hydrogens (tertiary/aromatic N) is 8. The molecule has 2 aromatic heterocycles. The van der Waals surface area contributed by atoms with Crippen LogP contribution in [0.3, 0.4) is 0 Å². The van der Waals surface area contributed by atoms with Crippen molar-refractivity contribution in [2.75, 3.05) is 31.1 Å². The summed E-state index contributed by atoms with van der Waals surface area (Å²) >= 11 is 1.51. The zero-order valence-electron chi connectivity index (χ0n) is 18.0. The monoisotopic (exact) mass is 545 g/mol. The lowest BCUT2D eigenvalue weighted by Crippen LogP contribution is -2.54. The second kappa shape index (κ2) is 10.7. The van der Waals surface area contributed by atoms with Crippen molar-refractivity contribution in [2.45, 2.75) is 58.5 Å². The van der Waals surface area contributed by atoms with Gasteiger partial charge in [0.25, 0.3) is 0 Å². The first-order valence-corrected chi connectivity index (χ1v) is 11.4. The molecule has 30 heavy (non-hydrogen) atoms. The fraction of sp³-hybridized carbons (Fsp3) is 0.737. The van der Waals surface area contributed by atoms with Gasteiger partial charge < -0.3 is 19.7 Å². The highest BCUT2D eigenvalue weighted by Crippen LogP contribution is 2.21. The zero-order valence-corrected chi connectivity index (χ0v) is 21.2. The van der Waals surface area contributed by atoms with Gasteiger partial charge in [0.05, 0.1) is 0 Å². The Morgan fingerprint density at radius 1 is 1.17 bits per heavy atom. The molecule has 2 aliphatic rings. The van der Waals surface area contributed by atoms with Crippen LogP contribution >= 0.6 is 35.5 Å². The molecule has 1 saturated carbocycles. The Balaban J connectivity index is 0.00000256. The van der Waals surface area contributed by atoms with Gasteiger partial charge in [-0.1, -0.05) is 19.8 Å². The summed E-state index contributed by atoms with van der Waals surface area (Å²) in [4.78, 5) is 14.3. The predicted molar refractivity (Wildman–Crippen MR) is 131 cm³/mol.